The maximum absolute atomic E-state index is 12.4. The second-order valence-corrected chi connectivity index (χ2v) is 9.68. The van der Waals surface area contributed by atoms with Crippen molar-refractivity contribution in [2.45, 2.75) is 28.1 Å². The molecule has 0 saturated carbocycles. The van der Waals surface area contributed by atoms with Crippen molar-refractivity contribution >= 4 is 19.8 Å². The summed E-state index contributed by atoms with van der Waals surface area (Å²) in [5.74, 6) is 0.303. The van der Waals surface area contributed by atoms with Crippen LogP contribution in [0.4, 0.5) is 13.2 Å². The minimum absolute atomic E-state index is 0.0666. The number of halogens is 3. The van der Waals surface area contributed by atoms with Crippen LogP contribution < -0.4 is 5.32 Å². The number of rotatable bonds is 3. The van der Waals surface area contributed by atoms with Gasteiger partial charge < -0.3 is 5.32 Å². The molecule has 0 bridgehead atoms. The minimum Gasteiger partial charge on any atom is -0.315 e. The molecule has 3 N–H and O–H groups in total. The van der Waals surface area contributed by atoms with Crippen LogP contribution in [0.1, 0.15) is 17.0 Å². The third-order valence-corrected chi connectivity index (χ3v) is 6.57. The average Bonchev–Trinajstić information content (AvgIpc) is 2.53. The van der Waals surface area contributed by atoms with Crippen LogP contribution in [0.2, 0.25) is 0 Å². The summed E-state index contributed by atoms with van der Waals surface area (Å²) in [5.41, 5.74) is -3.16. The average molecular weight is 436 g/mol. The van der Waals surface area contributed by atoms with Crippen LogP contribution in [-0.4, -0.2) is 35.8 Å². The summed E-state index contributed by atoms with van der Waals surface area (Å²) in [7, 11) is -8.74. The van der Waals surface area contributed by atoms with Crippen molar-refractivity contribution in [3.63, 3.8) is 0 Å². The largest absolute Gasteiger partial charge is 0.483 e. The zero-order valence-corrected chi connectivity index (χ0v) is 16.4. The van der Waals surface area contributed by atoms with Gasteiger partial charge in [-0.05, 0) is 36.8 Å². The van der Waals surface area contributed by atoms with Crippen molar-refractivity contribution in [3.05, 3.63) is 59.7 Å². The fourth-order valence-corrected chi connectivity index (χ4v) is 3.57. The van der Waals surface area contributed by atoms with Crippen LogP contribution in [0, 0.1) is 11.7 Å². The van der Waals surface area contributed by atoms with Gasteiger partial charge in [0.1, 0.15) is 0 Å². The lowest BCUT2D eigenvalue weighted by Gasteiger charge is -2.27. The van der Waals surface area contributed by atoms with E-state index in [1.165, 1.54) is 24.3 Å². The van der Waals surface area contributed by atoms with Crippen LogP contribution >= 0.6 is 0 Å². The molecule has 1 aliphatic rings. The summed E-state index contributed by atoms with van der Waals surface area (Å²) < 4.78 is 84.9. The standard InChI is InChI=1S/C10H11F3N2OS.C7H8O3S/c11-10(12,13)17(14,16)9-3-1-7(2-4-9)8-5-15-6-8;1-6-2-4-7(5-3-6)11(8,9)10/h1-4,8,14-15H,5-6H2;2-5H,1H3,(H,8,9,10). The van der Waals surface area contributed by atoms with Crippen molar-refractivity contribution in [1.29, 1.82) is 4.78 Å². The molecular formula is C17H19F3N2O4S2. The maximum atomic E-state index is 12.4. The van der Waals surface area contributed by atoms with Crippen LogP contribution in [0.25, 0.3) is 0 Å². The summed E-state index contributed by atoms with van der Waals surface area (Å²) in [6.07, 6.45) is 0. The first-order chi connectivity index (χ1) is 12.8. The zero-order chi connectivity index (χ0) is 21.2. The molecule has 2 aromatic rings. The van der Waals surface area contributed by atoms with E-state index in [0.29, 0.717) is 5.92 Å². The molecule has 154 valence electrons. The van der Waals surface area contributed by atoms with Crippen LogP contribution in [0.3, 0.4) is 0 Å². The SMILES string of the molecule is Cc1ccc(S(=O)(=O)O)cc1.N=S(=O)(c1ccc(C2CNC2)cc1)C(F)(F)F. The van der Waals surface area contributed by atoms with E-state index in [2.05, 4.69) is 5.32 Å². The highest BCUT2D eigenvalue weighted by atomic mass is 32.2. The Morgan fingerprint density at radius 3 is 1.79 bits per heavy atom. The molecule has 1 saturated heterocycles. The van der Waals surface area contributed by atoms with Crippen molar-refractivity contribution in [2.24, 2.45) is 0 Å². The van der Waals surface area contributed by atoms with Crippen LogP contribution in [0.15, 0.2) is 58.3 Å². The lowest BCUT2D eigenvalue weighted by Crippen LogP contribution is -2.39. The molecule has 0 radical (unpaired) electrons. The summed E-state index contributed by atoms with van der Waals surface area (Å²) >= 11 is 0. The van der Waals surface area contributed by atoms with Gasteiger partial charge in [0.25, 0.3) is 10.1 Å². The van der Waals surface area contributed by atoms with E-state index in [0.717, 1.165) is 36.3 Å². The van der Waals surface area contributed by atoms with E-state index >= 15 is 0 Å². The van der Waals surface area contributed by atoms with Gasteiger partial charge in [-0.3, -0.25) is 4.55 Å². The Hall–Kier alpha value is -1.95. The number of benzene rings is 2. The molecule has 3 rings (SSSR count). The Balaban J connectivity index is 0.000000221. The maximum Gasteiger partial charge on any atom is 0.483 e. The third-order valence-electron chi connectivity index (χ3n) is 4.11. The van der Waals surface area contributed by atoms with Crippen LogP contribution in [-0.2, 0) is 19.8 Å². The summed E-state index contributed by atoms with van der Waals surface area (Å²) in [6.45, 7) is 3.44. The topological polar surface area (TPSA) is 107 Å². The summed E-state index contributed by atoms with van der Waals surface area (Å²) in [4.78, 5) is -0.552. The van der Waals surface area contributed by atoms with E-state index in [1.807, 2.05) is 6.92 Å². The molecule has 0 spiro atoms. The fourth-order valence-electron chi connectivity index (χ4n) is 2.30. The third kappa shape index (κ3) is 5.31. The summed E-state index contributed by atoms with van der Waals surface area (Å²) in [6, 6.07) is 11.3. The Labute approximate surface area is 161 Å². The Morgan fingerprint density at radius 1 is 0.964 bits per heavy atom. The molecule has 1 fully saturated rings. The molecule has 1 atom stereocenters. The molecule has 0 aromatic heterocycles. The lowest BCUT2D eigenvalue weighted by atomic mass is 9.94. The van der Waals surface area contributed by atoms with E-state index in [-0.39, 0.29) is 4.90 Å². The smallest absolute Gasteiger partial charge is 0.315 e. The van der Waals surface area contributed by atoms with E-state index < -0.39 is 30.3 Å². The van der Waals surface area contributed by atoms with Gasteiger partial charge in [0, 0.05) is 19.0 Å². The van der Waals surface area contributed by atoms with Crippen molar-refractivity contribution in [3.8, 4) is 0 Å². The Bertz CT molecular complexity index is 1010. The quantitative estimate of drug-likeness (QED) is 0.638. The van der Waals surface area contributed by atoms with Crippen molar-refractivity contribution in [1.82, 2.24) is 5.32 Å². The number of hydrogen-bond donors (Lipinski definition) is 3. The molecule has 11 heteroatoms. The van der Waals surface area contributed by atoms with E-state index in [9.17, 15) is 25.8 Å². The molecule has 2 aromatic carbocycles. The van der Waals surface area contributed by atoms with Gasteiger partial charge in [-0.15, -0.1) is 0 Å². The molecule has 0 amide bonds. The molecule has 1 aliphatic heterocycles. The number of hydrogen-bond acceptors (Lipinski definition) is 5. The fraction of sp³-hybridized carbons (Fsp3) is 0.294. The van der Waals surface area contributed by atoms with Gasteiger partial charge in [0.2, 0.25) is 0 Å². The molecule has 28 heavy (non-hydrogen) atoms. The Morgan fingerprint density at radius 2 is 1.43 bits per heavy atom. The second-order valence-electron chi connectivity index (χ2n) is 6.21. The monoisotopic (exact) mass is 436 g/mol. The predicted molar refractivity (Wildman–Crippen MR) is 98.2 cm³/mol. The van der Waals surface area contributed by atoms with Gasteiger partial charge in [0.05, 0.1) is 9.79 Å². The number of nitrogens with one attached hydrogen (secondary N) is 2. The highest BCUT2D eigenvalue weighted by Gasteiger charge is 2.43. The molecular weight excluding hydrogens is 417 g/mol. The minimum atomic E-state index is -5.02. The molecule has 6 nitrogen and oxygen atoms in total. The summed E-state index contributed by atoms with van der Waals surface area (Å²) in [5, 5.41) is 3.06. The van der Waals surface area contributed by atoms with Gasteiger partial charge in [0.15, 0.2) is 9.73 Å². The second kappa shape index (κ2) is 8.19. The van der Waals surface area contributed by atoms with Gasteiger partial charge >= 0.3 is 5.51 Å². The molecule has 1 heterocycles. The zero-order valence-electron chi connectivity index (χ0n) is 14.7. The highest BCUT2D eigenvalue weighted by Crippen LogP contribution is 2.31. The van der Waals surface area contributed by atoms with Gasteiger partial charge in [-0.25, -0.2) is 8.99 Å². The van der Waals surface area contributed by atoms with E-state index in [1.54, 1.807) is 12.1 Å². The first kappa shape index (κ1) is 22.3. The highest BCUT2D eigenvalue weighted by molar-refractivity contribution is 7.93. The lowest BCUT2D eigenvalue weighted by molar-refractivity contribution is -0.0406. The predicted octanol–water partition coefficient (Wildman–Crippen LogP) is 3.54. The van der Waals surface area contributed by atoms with E-state index in [4.69, 9.17) is 9.33 Å². The molecule has 1 unspecified atom stereocenters. The van der Waals surface area contributed by atoms with Crippen molar-refractivity contribution in [2.75, 3.05) is 13.1 Å². The first-order valence-electron chi connectivity index (χ1n) is 8.02. The number of aryl methyl sites for hydroxylation is 1. The Kier molecular flexibility index (Phi) is 6.54. The normalized spacial score (nSPS) is 17.0. The van der Waals surface area contributed by atoms with Crippen molar-refractivity contribution < 1.29 is 30.4 Å². The van der Waals surface area contributed by atoms with Crippen LogP contribution in [0.5, 0.6) is 0 Å². The molecule has 0 aliphatic carbocycles. The first-order valence-corrected chi connectivity index (χ1v) is 11.0. The van der Waals surface area contributed by atoms with Gasteiger partial charge in [-0.1, -0.05) is 29.8 Å². The van der Waals surface area contributed by atoms with Gasteiger partial charge in [-0.2, -0.15) is 21.6 Å². The number of alkyl halides is 3.